The monoisotopic (exact) mass is 475 g/mol. The van der Waals surface area contributed by atoms with Gasteiger partial charge >= 0.3 is 6.18 Å². The van der Waals surface area contributed by atoms with Crippen molar-refractivity contribution >= 4 is 9.92 Å². The van der Waals surface area contributed by atoms with Gasteiger partial charge in [-0.15, -0.1) is 0 Å². The van der Waals surface area contributed by atoms with Crippen molar-refractivity contribution in [1.29, 1.82) is 0 Å². The third kappa shape index (κ3) is 4.81. The Bertz CT molecular complexity index is 1210. The van der Waals surface area contributed by atoms with Crippen LogP contribution >= 0.6 is 0 Å². The summed E-state index contributed by atoms with van der Waals surface area (Å²) >= 11 is 0. The van der Waals surface area contributed by atoms with Gasteiger partial charge in [-0.2, -0.15) is 13.2 Å². The van der Waals surface area contributed by atoms with Crippen LogP contribution in [-0.2, 0) is 16.1 Å². The Morgan fingerprint density at radius 3 is 2.00 bits per heavy atom. The molecule has 0 heterocycles. The van der Waals surface area contributed by atoms with Crippen molar-refractivity contribution in [3.63, 3.8) is 0 Å². The molecule has 0 amide bonds. The van der Waals surface area contributed by atoms with Crippen molar-refractivity contribution in [2.75, 3.05) is 20.1 Å². The minimum absolute atomic E-state index is 0.0553. The smallest absolute Gasteiger partial charge is 0.390 e. The molecule has 2 unspecified atom stereocenters. The molecule has 5 nitrogen and oxygen atoms in total. The molecule has 174 valence electrons. The van der Waals surface area contributed by atoms with Crippen LogP contribution in [0.15, 0.2) is 82.1 Å². The van der Waals surface area contributed by atoms with E-state index in [2.05, 4.69) is 26.5 Å². The molecule has 1 aliphatic carbocycles. The highest BCUT2D eigenvalue weighted by Gasteiger charge is 2.31. The van der Waals surface area contributed by atoms with Crippen LogP contribution < -0.4 is 10.0 Å². The summed E-state index contributed by atoms with van der Waals surface area (Å²) in [6.45, 7) is 0.160. The van der Waals surface area contributed by atoms with Crippen molar-refractivity contribution in [2.24, 2.45) is 4.36 Å². The number of aliphatic hydroxyl groups excluding tert-OH is 1. The molecule has 4 rings (SSSR count). The first-order valence-electron chi connectivity index (χ1n) is 10.4. The van der Waals surface area contributed by atoms with E-state index in [-0.39, 0.29) is 24.0 Å². The molecular formula is C24H24F3N3O2S. The third-order valence-electron chi connectivity index (χ3n) is 5.66. The van der Waals surface area contributed by atoms with Crippen LogP contribution in [0.5, 0.6) is 0 Å². The van der Waals surface area contributed by atoms with E-state index in [0.29, 0.717) is 0 Å². The Labute approximate surface area is 191 Å². The average Bonchev–Trinajstić information content (AvgIpc) is 3.14. The van der Waals surface area contributed by atoms with E-state index >= 15 is 0 Å². The standard InChI is InChI=1S/C24H24F3N3O2S/c1-28-33(32,18-12-10-16(11-13-18)24(25,26)27)30-15-17(31)14-29-23-21-8-4-2-6-19(21)20-7-3-5-9-22(20)23/h2-13,17,23,29,31H,14-15H2,1H3,(H,28,30,32). The highest BCUT2D eigenvalue weighted by atomic mass is 32.2. The van der Waals surface area contributed by atoms with Gasteiger partial charge in [-0.1, -0.05) is 48.5 Å². The quantitative estimate of drug-likeness (QED) is 0.475. The molecule has 2 atom stereocenters. The van der Waals surface area contributed by atoms with Crippen LogP contribution in [0.2, 0.25) is 0 Å². The van der Waals surface area contributed by atoms with Crippen LogP contribution in [0.4, 0.5) is 13.2 Å². The number of nitrogens with one attached hydrogen (secondary N) is 2. The molecule has 0 fully saturated rings. The maximum atomic E-state index is 13.1. The third-order valence-corrected chi connectivity index (χ3v) is 7.65. The summed E-state index contributed by atoms with van der Waals surface area (Å²) in [5, 5.41) is 13.9. The second-order valence-electron chi connectivity index (χ2n) is 7.75. The summed E-state index contributed by atoms with van der Waals surface area (Å²) in [5.41, 5.74) is 3.71. The van der Waals surface area contributed by atoms with E-state index in [1.54, 1.807) is 0 Å². The molecule has 0 saturated carbocycles. The zero-order chi connectivity index (χ0) is 23.6. The lowest BCUT2D eigenvalue weighted by atomic mass is 10.1. The molecule has 0 bridgehead atoms. The minimum atomic E-state index is -4.48. The second-order valence-corrected chi connectivity index (χ2v) is 9.93. The summed E-state index contributed by atoms with van der Waals surface area (Å²) in [4.78, 5) is 0.122. The summed E-state index contributed by atoms with van der Waals surface area (Å²) in [6.07, 6.45) is -5.38. The highest BCUT2D eigenvalue weighted by Crippen LogP contribution is 2.42. The van der Waals surface area contributed by atoms with Crippen LogP contribution in [0.1, 0.15) is 22.7 Å². The molecule has 0 spiro atoms. The van der Waals surface area contributed by atoms with E-state index in [1.807, 2.05) is 36.4 Å². The number of hydrogen-bond acceptors (Lipinski definition) is 4. The lowest BCUT2D eigenvalue weighted by Crippen LogP contribution is -2.39. The predicted octanol–water partition coefficient (Wildman–Crippen LogP) is 4.39. The van der Waals surface area contributed by atoms with Gasteiger partial charge in [0, 0.05) is 20.1 Å². The molecule has 3 aromatic carbocycles. The van der Waals surface area contributed by atoms with Crippen LogP contribution in [-0.4, -0.2) is 35.6 Å². The first-order valence-corrected chi connectivity index (χ1v) is 11.9. The molecule has 0 radical (unpaired) electrons. The zero-order valence-corrected chi connectivity index (χ0v) is 18.7. The first kappa shape index (κ1) is 23.4. The van der Waals surface area contributed by atoms with Gasteiger partial charge in [-0.3, -0.25) is 0 Å². The molecule has 9 heteroatoms. The molecule has 0 aliphatic heterocycles. The summed E-state index contributed by atoms with van der Waals surface area (Å²) < 4.78 is 58.1. The predicted molar refractivity (Wildman–Crippen MR) is 122 cm³/mol. The molecule has 3 aromatic rings. The molecular weight excluding hydrogens is 451 g/mol. The number of benzene rings is 3. The van der Waals surface area contributed by atoms with Crippen molar-refractivity contribution < 1.29 is 22.5 Å². The van der Waals surface area contributed by atoms with E-state index in [9.17, 15) is 22.5 Å². The van der Waals surface area contributed by atoms with Crippen LogP contribution in [0, 0.1) is 0 Å². The van der Waals surface area contributed by atoms with Gasteiger partial charge in [0.25, 0.3) is 0 Å². The Kier molecular flexibility index (Phi) is 6.58. The first-order chi connectivity index (χ1) is 15.7. The number of rotatable bonds is 7. The molecule has 1 aliphatic rings. The Morgan fingerprint density at radius 1 is 0.939 bits per heavy atom. The molecule has 0 saturated heterocycles. The second kappa shape index (κ2) is 9.26. The molecule has 33 heavy (non-hydrogen) atoms. The number of halogens is 3. The number of aliphatic hydroxyl groups is 1. The summed E-state index contributed by atoms with van der Waals surface area (Å²) in [5.74, 6) is 0. The highest BCUT2D eigenvalue weighted by molar-refractivity contribution is 7.91. The summed E-state index contributed by atoms with van der Waals surface area (Å²) in [6, 6.07) is 20.1. The fourth-order valence-corrected chi connectivity index (χ4v) is 5.42. The van der Waals surface area contributed by atoms with Crippen molar-refractivity contribution in [1.82, 2.24) is 10.0 Å². The normalized spacial score (nSPS) is 16.0. The van der Waals surface area contributed by atoms with Gasteiger partial charge < -0.3 is 10.4 Å². The molecule has 0 aromatic heterocycles. The van der Waals surface area contributed by atoms with E-state index < -0.39 is 27.8 Å². The van der Waals surface area contributed by atoms with Gasteiger partial charge in [-0.25, -0.2) is 13.3 Å². The van der Waals surface area contributed by atoms with Gasteiger partial charge in [-0.05, 0) is 46.5 Å². The number of alkyl halides is 3. The SMILES string of the molecule is CN=S(=O)(NCC(O)CNC1c2ccccc2-c2ccccc21)c1ccc(C(F)(F)F)cc1. The van der Waals surface area contributed by atoms with Crippen molar-refractivity contribution in [3.8, 4) is 11.1 Å². The minimum Gasteiger partial charge on any atom is -0.390 e. The van der Waals surface area contributed by atoms with Crippen LogP contribution in [0.3, 0.4) is 0 Å². The Hall–Kier alpha value is -2.72. The van der Waals surface area contributed by atoms with Gasteiger partial charge in [0.1, 0.15) is 9.92 Å². The van der Waals surface area contributed by atoms with Crippen LogP contribution in [0.25, 0.3) is 11.1 Å². The Balaban J connectivity index is 1.41. The Morgan fingerprint density at radius 2 is 1.48 bits per heavy atom. The lowest BCUT2D eigenvalue weighted by molar-refractivity contribution is -0.137. The average molecular weight is 476 g/mol. The van der Waals surface area contributed by atoms with E-state index in [1.165, 1.54) is 7.05 Å². The zero-order valence-electron chi connectivity index (χ0n) is 17.8. The fraction of sp³-hybridized carbons (Fsp3) is 0.250. The van der Waals surface area contributed by atoms with E-state index in [0.717, 1.165) is 46.5 Å². The summed E-state index contributed by atoms with van der Waals surface area (Å²) in [7, 11) is -1.85. The molecule has 3 N–H and O–H groups in total. The number of nitrogens with zero attached hydrogens (tertiary/aromatic N) is 1. The van der Waals surface area contributed by atoms with Gasteiger partial charge in [0.15, 0.2) is 0 Å². The van der Waals surface area contributed by atoms with Gasteiger partial charge in [0.05, 0.1) is 22.6 Å². The largest absolute Gasteiger partial charge is 0.416 e. The number of hydrogen-bond donors (Lipinski definition) is 3. The van der Waals surface area contributed by atoms with Gasteiger partial charge in [0.2, 0.25) is 0 Å². The maximum Gasteiger partial charge on any atom is 0.416 e. The lowest BCUT2D eigenvalue weighted by Gasteiger charge is -2.20. The number of fused-ring (bicyclic) bond motifs is 3. The maximum absolute atomic E-state index is 13.1. The fourth-order valence-electron chi connectivity index (χ4n) is 3.99. The van der Waals surface area contributed by atoms with E-state index in [4.69, 9.17) is 0 Å². The topological polar surface area (TPSA) is 73.7 Å². The van der Waals surface area contributed by atoms with Crippen molar-refractivity contribution in [2.45, 2.75) is 23.2 Å². The van der Waals surface area contributed by atoms with Crippen molar-refractivity contribution in [3.05, 3.63) is 89.5 Å².